The van der Waals surface area contributed by atoms with Crippen molar-refractivity contribution >= 4 is 11.0 Å². The Kier molecular flexibility index (Phi) is 3.21. The predicted molar refractivity (Wildman–Crippen MR) is 80.8 cm³/mol. The van der Waals surface area contributed by atoms with Gasteiger partial charge in [0.15, 0.2) is 0 Å². The maximum Gasteiger partial charge on any atom is 0.129 e. The second-order valence-corrected chi connectivity index (χ2v) is 6.19. The van der Waals surface area contributed by atoms with Gasteiger partial charge < -0.3 is 15.0 Å². The van der Waals surface area contributed by atoms with Gasteiger partial charge in [0.25, 0.3) is 0 Å². The molecule has 4 heteroatoms. The van der Waals surface area contributed by atoms with Gasteiger partial charge >= 0.3 is 0 Å². The number of hydrogen-bond acceptors (Lipinski definition) is 3. The SMILES string of the molecule is COc1ccc2c(c1)nc(C1(N)CCC(C)CC1)n2C. The molecule has 1 fully saturated rings. The van der Waals surface area contributed by atoms with E-state index in [9.17, 15) is 0 Å². The number of fused-ring (bicyclic) bond motifs is 1. The number of hydrogen-bond donors (Lipinski definition) is 1. The van der Waals surface area contributed by atoms with E-state index in [0.717, 1.165) is 41.4 Å². The quantitative estimate of drug-likeness (QED) is 0.915. The molecule has 20 heavy (non-hydrogen) atoms. The van der Waals surface area contributed by atoms with Gasteiger partial charge in [0, 0.05) is 13.1 Å². The number of imidazole rings is 1. The standard InChI is InChI=1S/C16H23N3O/c1-11-6-8-16(17,9-7-11)15-18-13-10-12(20-3)4-5-14(13)19(15)2/h4-5,10-11H,6-9,17H2,1-3H3. The summed E-state index contributed by atoms with van der Waals surface area (Å²) in [6.07, 6.45) is 4.40. The minimum absolute atomic E-state index is 0.284. The van der Waals surface area contributed by atoms with Crippen molar-refractivity contribution in [2.24, 2.45) is 18.7 Å². The summed E-state index contributed by atoms with van der Waals surface area (Å²) < 4.78 is 7.42. The van der Waals surface area contributed by atoms with Crippen molar-refractivity contribution in [2.75, 3.05) is 7.11 Å². The molecule has 0 saturated heterocycles. The summed E-state index contributed by atoms with van der Waals surface area (Å²) in [5, 5.41) is 0. The molecule has 1 aliphatic carbocycles. The lowest BCUT2D eigenvalue weighted by Crippen LogP contribution is -2.42. The number of nitrogens with two attached hydrogens (primary N) is 1. The number of benzene rings is 1. The van der Waals surface area contributed by atoms with Gasteiger partial charge in [-0.1, -0.05) is 6.92 Å². The average Bonchev–Trinajstić information content (AvgIpc) is 2.80. The normalized spacial score (nSPS) is 26.9. The summed E-state index contributed by atoms with van der Waals surface area (Å²) in [4.78, 5) is 4.80. The highest BCUT2D eigenvalue weighted by atomic mass is 16.5. The number of ether oxygens (including phenoxy) is 1. The average molecular weight is 273 g/mol. The smallest absolute Gasteiger partial charge is 0.129 e. The lowest BCUT2D eigenvalue weighted by atomic mass is 9.77. The Labute approximate surface area is 119 Å². The Balaban J connectivity index is 2.05. The molecule has 108 valence electrons. The van der Waals surface area contributed by atoms with Crippen LogP contribution in [0.1, 0.15) is 38.4 Å². The maximum absolute atomic E-state index is 6.66. The molecule has 0 aliphatic heterocycles. The Bertz CT molecular complexity index is 624. The van der Waals surface area contributed by atoms with Crippen LogP contribution in [0, 0.1) is 5.92 Å². The Morgan fingerprint density at radius 2 is 2.05 bits per heavy atom. The molecule has 2 N–H and O–H groups in total. The molecule has 0 bridgehead atoms. The Morgan fingerprint density at radius 3 is 2.70 bits per heavy atom. The van der Waals surface area contributed by atoms with Crippen LogP contribution in [-0.4, -0.2) is 16.7 Å². The van der Waals surface area contributed by atoms with Crippen LogP contribution >= 0.6 is 0 Å². The van der Waals surface area contributed by atoms with Gasteiger partial charge in [-0.15, -0.1) is 0 Å². The zero-order chi connectivity index (χ0) is 14.3. The van der Waals surface area contributed by atoms with Crippen molar-refractivity contribution < 1.29 is 4.74 Å². The molecule has 1 aromatic carbocycles. The van der Waals surface area contributed by atoms with Crippen molar-refractivity contribution in [3.63, 3.8) is 0 Å². The third kappa shape index (κ3) is 2.08. The molecule has 4 nitrogen and oxygen atoms in total. The number of aryl methyl sites for hydroxylation is 1. The fourth-order valence-electron chi connectivity index (χ4n) is 3.25. The minimum Gasteiger partial charge on any atom is -0.497 e. The van der Waals surface area contributed by atoms with E-state index in [4.69, 9.17) is 15.5 Å². The monoisotopic (exact) mass is 273 g/mol. The van der Waals surface area contributed by atoms with Gasteiger partial charge in [-0.3, -0.25) is 0 Å². The zero-order valence-electron chi connectivity index (χ0n) is 12.5. The van der Waals surface area contributed by atoms with Crippen molar-refractivity contribution in [1.29, 1.82) is 0 Å². The van der Waals surface area contributed by atoms with E-state index in [1.54, 1.807) is 7.11 Å². The number of aromatic nitrogens is 2. The van der Waals surface area contributed by atoms with Crippen LogP contribution in [0.15, 0.2) is 18.2 Å². The predicted octanol–water partition coefficient (Wildman–Crippen LogP) is 2.95. The van der Waals surface area contributed by atoms with Crippen LogP contribution in [0.25, 0.3) is 11.0 Å². The van der Waals surface area contributed by atoms with E-state index in [-0.39, 0.29) is 5.54 Å². The second kappa shape index (κ2) is 4.77. The molecular formula is C16H23N3O. The topological polar surface area (TPSA) is 53.1 Å². The lowest BCUT2D eigenvalue weighted by molar-refractivity contribution is 0.233. The van der Waals surface area contributed by atoms with E-state index >= 15 is 0 Å². The van der Waals surface area contributed by atoms with Crippen molar-refractivity contribution in [1.82, 2.24) is 9.55 Å². The highest BCUT2D eigenvalue weighted by molar-refractivity contribution is 5.78. The first-order chi connectivity index (χ1) is 9.53. The van der Waals surface area contributed by atoms with Crippen LogP contribution in [0.5, 0.6) is 5.75 Å². The molecule has 1 heterocycles. The molecule has 0 spiro atoms. The molecule has 0 atom stereocenters. The van der Waals surface area contributed by atoms with Crippen molar-refractivity contribution in [3.05, 3.63) is 24.0 Å². The van der Waals surface area contributed by atoms with E-state index in [2.05, 4.69) is 24.6 Å². The first-order valence-electron chi connectivity index (χ1n) is 7.33. The third-order valence-corrected chi connectivity index (χ3v) is 4.70. The first kappa shape index (κ1) is 13.4. The van der Waals surface area contributed by atoms with Crippen LogP contribution in [0.2, 0.25) is 0 Å². The molecular weight excluding hydrogens is 250 g/mol. The van der Waals surface area contributed by atoms with Crippen LogP contribution in [0.3, 0.4) is 0 Å². The summed E-state index contributed by atoms with van der Waals surface area (Å²) in [6, 6.07) is 6.01. The summed E-state index contributed by atoms with van der Waals surface area (Å²) in [5.41, 5.74) is 8.46. The largest absolute Gasteiger partial charge is 0.497 e. The Morgan fingerprint density at radius 1 is 1.35 bits per heavy atom. The number of rotatable bonds is 2. The van der Waals surface area contributed by atoms with E-state index in [0.29, 0.717) is 0 Å². The van der Waals surface area contributed by atoms with Crippen molar-refractivity contribution in [2.45, 2.75) is 38.1 Å². The van der Waals surface area contributed by atoms with Gasteiger partial charge in [0.2, 0.25) is 0 Å². The molecule has 2 aromatic rings. The van der Waals surface area contributed by atoms with E-state index in [1.165, 1.54) is 12.8 Å². The third-order valence-electron chi connectivity index (χ3n) is 4.70. The van der Waals surface area contributed by atoms with Crippen LogP contribution in [0.4, 0.5) is 0 Å². The maximum atomic E-state index is 6.66. The van der Waals surface area contributed by atoms with E-state index < -0.39 is 0 Å². The molecule has 3 rings (SSSR count). The Hall–Kier alpha value is -1.55. The lowest BCUT2D eigenvalue weighted by Gasteiger charge is -2.35. The van der Waals surface area contributed by atoms with Gasteiger partial charge in [0.1, 0.15) is 11.6 Å². The van der Waals surface area contributed by atoms with Crippen LogP contribution < -0.4 is 10.5 Å². The van der Waals surface area contributed by atoms with Crippen molar-refractivity contribution in [3.8, 4) is 5.75 Å². The van der Waals surface area contributed by atoms with E-state index in [1.807, 2.05) is 12.1 Å². The first-order valence-corrected chi connectivity index (χ1v) is 7.33. The minimum atomic E-state index is -0.284. The van der Waals surface area contributed by atoms with Crippen LogP contribution in [-0.2, 0) is 12.6 Å². The molecule has 0 amide bonds. The van der Waals surface area contributed by atoms with Gasteiger partial charge in [-0.2, -0.15) is 0 Å². The second-order valence-electron chi connectivity index (χ2n) is 6.19. The van der Waals surface area contributed by atoms with Gasteiger partial charge in [0.05, 0.1) is 23.7 Å². The summed E-state index contributed by atoms with van der Waals surface area (Å²) in [5.74, 6) is 2.62. The molecule has 1 saturated carbocycles. The highest BCUT2D eigenvalue weighted by Crippen LogP contribution is 2.38. The fraction of sp³-hybridized carbons (Fsp3) is 0.562. The number of nitrogens with zero attached hydrogens (tertiary/aromatic N) is 2. The summed E-state index contributed by atoms with van der Waals surface area (Å²) in [7, 11) is 3.74. The zero-order valence-corrected chi connectivity index (χ0v) is 12.5. The van der Waals surface area contributed by atoms with Gasteiger partial charge in [-0.05, 0) is 43.7 Å². The molecule has 0 radical (unpaired) electrons. The fourth-order valence-corrected chi connectivity index (χ4v) is 3.25. The molecule has 1 aromatic heterocycles. The number of methoxy groups -OCH3 is 1. The van der Waals surface area contributed by atoms with Gasteiger partial charge in [-0.25, -0.2) is 4.98 Å². The summed E-state index contributed by atoms with van der Waals surface area (Å²) in [6.45, 7) is 2.30. The summed E-state index contributed by atoms with van der Waals surface area (Å²) >= 11 is 0. The molecule has 0 unspecified atom stereocenters. The highest BCUT2D eigenvalue weighted by Gasteiger charge is 2.35. The molecule has 1 aliphatic rings.